The molecule has 2 fully saturated rings. The van der Waals surface area contributed by atoms with Gasteiger partial charge in [0.25, 0.3) is 0 Å². The highest BCUT2D eigenvalue weighted by atomic mass is 31.1. The van der Waals surface area contributed by atoms with E-state index in [1.165, 1.54) is 102 Å². The van der Waals surface area contributed by atoms with Crippen LogP contribution in [0.3, 0.4) is 0 Å². The minimum Gasteiger partial charge on any atom is -0.496 e. The van der Waals surface area contributed by atoms with E-state index in [-0.39, 0.29) is 7.92 Å². The van der Waals surface area contributed by atoms with Gasteiger partial charge >= 0.3 is 0 Å². The summed E-state index contributed by atoms with van der Waals surface area (Å²) < 4.78 is 6.05. The molecule has 6 aromatic carbocycles. The van der Waals surface area contributed by atoms with Gasteiger partial charge in [0.15, 0.2) is 0 Å². The van der Waals surface area contributed by atoms with Crippen LogP contribution in [0.5, 0.6) is 5.75 Å². The van der Waals surface area contributed by atoms with Crippen LogP contribution >= 0.6 is 7.92 Å². The van der Waals surface area contributed by atoms with E-state index in [4.69, 9.17) is 4.74 Å². The predicted molar refractivity (Wildman–Crippen MR) is 162 cm³/mol. The van der Waals surface area contributed by atoms with Crippen molar-refractivity contribution in [1.82, 2.24) is 0 Å². The molecule has 2 aliphatic carbocycles. The summed E-state index contributed by atoms with van der Waals surface area (Å²) in [6.07, 6.45) is 14.1. The van der Waals surface area contributed by atoms with E-state index >= 15 is 0 Å². The normalized spacial score (nSPS) is 17.9. The third-order valence-electron chi connectivity index (χ3n) is 9.23. The Hall–Kier alpha value is -2.63. The van der Waals surface area contributed by atoms with Crippen molar-refractivity contribution in [3.05, 3.63) is 72.8 Å². The summed E-state index contributed by atoms with van der Waals surface area (Å²) in [6, 6.07) is 27.3. The van der Waals surface area contributed by atoms with Crippen molar-refractivity contribution in [3.8, 4) is 16.9 Å². The van der Waals surface area contributed by atoms with E-state index in [9.17, 15) is 0 Å². The van der Waals surface area contributed by atoms with Crippen molar-refractivity contribution < 1.29 is 4.74 Å². The Bertz CT molecular complexity index is 1460. The van der Waals surface area contributed by atoms with Crippen LogP contribution in [0, 0.1) is 0 Å². The summed E-state index contributed by atoms with van der Waals surface area (Å²) in [6.45, 7) is 0. The quantitative estimate of drug-likeness (QED) is 0.171. The Morgan fingerprint density at radius 3 is 1.54 bits per heavy atom. The molecule has 0 heterocycles. The van der Waals surface area contributed by atoms with Crippen molar-refractivity contribution in [2.75, 3.05) is 7.11 Å². The highest BCUT2D eigenvalue weighted by molar-refractivity contribution is 7.68. The first kappa shape index (κ1) is 23.5. The van der Waals surface area contributed by atoms with Gasteiger partial charge in [0.1, 0.15) is 5.75 Å². The molecule has 188 valence electrons. The van der Waals surface area contributed by atoms with E-state index in [2.05, 4.69) is 72.8 Å². The van der Waals surface area contributed by atoms with Gasteiger partial charge in [-0.2, -0.15) is 0 Å². The molecule has 2 bridgehead atoms. The zero-order valence-corrected chi connectivity index (χ0v) is 22.9. The molecule has 2 aliphatic rings. The smallest absolute Gasteiger partial charge is 0.126 e. The summed E-state index contributed by atoms with van der Waals surface area (Å²) in [5.41, 5.74) is 4.47. The molecule has 0 atom stereocenters. The second-order valence-electron chi connectivity index (χ2n) is 11.3. The second-order valence-corrected chi connectivity index (χ2v) is 14.0. The van der Waals surface area contributed by atoms with Gasteiger partial charge in [-0.15, -0.1) is 0 Å². The molecule has 37 heavy (non-hydrogen) atoms. The zero-order valence-electron chi connectivity index (χ0n) is 22.0. The fourth-order valence-corrected chi connectivity index (χ4v) is 11.8. The number of para-hydroxylation sites is 1. The number of fused-ring (bicyclic) bond motifs is 1. The van der Waals surface area contributed by atoms with E-state index in [1.54, 1.807) is 10.7 Å². The predicted octanol–water partition coefficient (Wildman–Crippen LogP) is 10.0. The van der Waals surface area contributed by atoms with Crippen molar-refractivity contribution >= 4 is 45.5 Å². The van der Waals surface area contributed by atoms with Crippen LogP contribution in [0.2, 0.25) is 0 Å². The molecule has 1 nitrogen and oxygen atoms in total. The number of benzene rings is 6. The average Bonchev–Trinajstić information content (AvgIpc) is 2.98. The van der Waals surface area contributed by atoms with Crippen LogP contribution < -0.4 is 10.0 Å². The van der Waals surface area contributed by atoms with Crippen LogP contribution in [0.4, 0.5) is 0 Å². The maximum Gasteiger partial charge on any atom is 0.126 e. The highest BCUT2D eigenvalue weighted by Gasteiger charge is 2.37. The maximum absolute atomic E-state index is 6.05. The standard InChI is InChI=1S/C35H37OP/c1-36-31-23-13-12-22-30(31)34-32-26-18-8-10-20-28(26)33(29-21-11-9-19-27(29)32)35(34)37(24-14-4-2-5-15-24)25-16-6-3-7-17-25/h8-13,18-25H,2-7,14-17H2,1H3. The number of methoxy groups -OCH3 is 1. The Labute approximate surface area is 222 Å². The Kier molecular flexibility index (Phi) is 6.30. The largest absolute Gasteiger partial charge is 0.496 e. The number of ether oxygens (including phenoxy) is 1. The van der Waals surface area contributed by atoms with E-state index < -0.39 is 0 Å². The minimum absolute atomic E-state index is 0.293. The van der Waals surface area contributed by atoms with Gasteiger partial charge in [0.05, 0.1) is 7.11 Å². The van der Waals surface area contributed by atoms with Crippen LogP contribution in [0.1, 0.15) is 64.2 Å². The Morgan fingerprint density at radius 1 is 0.568 bits per heavy atom. The fraction of sp³-hybridized carbons (Fsp3) is 0.371. The summed E-state index contributed by atoms with van der Waals surface area (Å²) in [7, 11) is 1.55. The van der Waals surface area contributed by atoms with Crippen LogP contribution in [-0.4, -0.2) is 18.4 Å². The SMILES string of the molecule is COc1ccccc1-c1c(P(C2CCCCC2)C2CCCCC2)c2c3ccccc3c1c1ccccc12. The van der Waals surface area contributed by atoms with Gasteiger partial charge in [0, 0.05) is 11.1 Å². The number of rotatable bonds is 5. The lowest BCUT2D eigenvalue weighted by molar-refractivity contribution is 0.416. The van der Waals surface area contributed by atoms with Crippen LogP contribution in [0.15, 0.2) is 72.8 Å². The molecule has 2 saturated carbocycles. The monoisotopic (exact) mass is 504 g/mol. The highest BCUT2D eigenvalue weighted by Crippen LogP contribution is 2.60. The molecule has 8 rings (SSSR count). The van der Waals surface area contributed by atoms with Gasteiger partial charge in [-0.3, -0.25) is 0 Å². The molecule has 0 aliphatic heterocycles. The molecule has 0 N–H and O–H groups in total. The topological polar surface area (TPSA) is 9.23 Å². The molecule has 0 aromatic heterocycles. The first-order valence-electron chi connectivity index (χ1n) is 14.5. The first-order valence-corrected chi connectivity index (χ1v) is 15.9. The lowest BCUT2D eigenvalue weighted by Crippen LogP contribution is -2.28. The third kappa shape index (κ3) is 3.85. The molecule has 0 spiro atoms. The van der Waals surface area contributed by atoms with Crippen LogP contribution in [-0.2, 0) is 0 Å². The van der Waals surface area contributed by atoms with Gasteiger partial charge in [-0.05, 0) is 80.7 Å². The summed E-state index contributed by atoms with van der Waals surface area (Å²) in [4.78, 5) is 0. The van der Waals surface area contributed by atoms with Crippen molar-refractivity contribution in [3.63, 3.8) is 0 Å². The number of hydrogen-bond acceptors (Lipinski definition) is 1. The number of hydrogen-bond donors (Lipinski definition) is 0. The fourth-order valence-electron chi connectivity index (χ4n) is 7.65. The maximum atomic E-state index is 6.05. The summed E-state index contributed by atoms with van der Waals surface area (Å²) in [5, 5.41) is 10.4. The van der Waals surface area contributed by atoms with Crippen molar-refractivity contribution in [1.29, 1.82) is 0 Å². The van der Waals surface area contributed by atoms with Crippen molar-refractivity contribution in [2.45, 2.75) is 75.5 Å². The Balaban J connectivity index is 1.64. The molecular formula is C35H37OP. The van der Waals surface area contributed by atoms with Crippen molar-refractivity contribution in [2.24, 2.45) is 0 Å². The molecule has 0 radical (unpaired) electrons. The molecule has 0 unspecified atom stereocenters. The van der Waals surface area contributed by atoms with Gasteiger partial charge < -0.3 is 4.74 Å². The van der Waals surface area contributed by atoms with E-state index in [1.807, 2.05) is 7.11 Å². The third-order valence-corrected chi connectivity index (χ3v) is 12.8. The van der Waals surface area contributed by atoms with Gasteiger partial charge in [0.2, 0.25) is 0 Å². The molecule has 0 saturated heterocycles. The minimum atomic E-state index is -0.293. The summed E-state index contributed by atoms with van der Waals surface area (Å²) in [5.74, 6) is 1.01. The van der Waals surface area contributed by atoms with Gasteiger partial charge in [-0.1, -0.05) is 113 Å². The first-order chi connectivity index (χ1) is 18.4. The van der Waals surface area contributed by atoms with Crippen LogP contribution in [0.25, 0.3) is 43.4 Å². The Morgan fingerprint density at radius 2 is 1.03 bits per heavy atom. The molecular weight excluding hydrogens is 467 g/mol. The molecule has 2 heteroatoms. The molecule has 0 amide bonds. The average molecular weight is 505 g/mol. The van der Waals surface area contributed by atoms with E-state index in [0.717, 1.165) is 17.1 Å². The molecule has 6 aromatic rings. The van der Waals surface area contributed by atoms with Gasteiger partial charge in [-0.25, -0.2) is 0 Å². The lowest BCUT2D eigenvalue weighted by Gasteiger charge is -2.41. The zero-order chi connectivity index (χ0) is 24.8. The lowest BCUT2D eigenvalue weighted by atomic mass is 9.85. The van der Waals surface area contributed by atoms with E-state index in [0.29, 0.717) is 0 Å². The summed E-state index contributed by atoms with van der Waals surface area (Å²) >= 11 is 0. The second kappa shape index (κ2) is 9.92.